The van der Waals surface area contributed by atoms with E-state index in [0.717, 1.165) is 17.8 Å². The van der Waals surface area contributed by atoms with Crippen LogP contribution in [-0.4, -0.2) is 0 Å². The van der Waals surface area contributed by atoms with Crippen molar-refractivity contribution in [2.45, 2.75) is 90.9 Å². The Morgan fingerprint density at radius 3 is 1.91 bits per heavy atom. The van der Waals surface area contributed by atoms with E-state index in [4.69, 9.17) is 0 Å². The van der Waals surface area contributed by atoms with Crippen molar-refractivity contribution in [3.63, 3.8) is 0 Å². The lowest BCUT2D eigenvalue weighted by molar-refractivity contribution is 0.348. The summed E-state index contributed by atoms with van der Waals surface area (Å²) < 4.78 is 0. The minimum Gasteiger partial charge on any atom is -0.0651 e. The average Bonchev–Trinajstić information content (AvgIpc) is 2.58. The van der Waals surface area contributed by atoms with Crippen molar-refractivity contribution < 1.29 is 0 Å². The summed E-state index contributed by atoms with van der Waals surface area (Å²) in [5.74, 6) is 2.88. The standard InChI is InChI=1S/C14H20.C8H16/c1-11-3-7-13(8-4-11)14-9-5-12(2)6-10-14;1-2-8-6-4-3-5-7-8/h3-4,7-8,12,14H,5-6,9-10H2,1-2H3;8H,2-7H2,1H3. The van der Waals surface area contributed by atoms with Crippen LogP contribution in [0.4, 0.5) is 0 Å². The molecule has 0 saturated heterocycles. The van der Waals surface area contributed by atoms with Crippen molar-refractivity contribution in [1.29, 1.82) is 0 Å². The molecule has 0 spiro atoms. The molecule has 0 aliphatic heterocycles. The minimum atomic E-state index is 0.840. The van der Waals surface area contributed by atoms with Gasteiger partial charge in [0.25, 0.3) is 0 Å². The summed E-state index contributed by atoms with van der Waals surface area (Å²) >= 11 is 0. The molecule has 0 bridgehead atoms. The minimum absolute atomic E-state index is 0.840. The predicted octanol–water partition coefficient (Wildman–Crippen LogP) is 7.27. The van der Waals surface area contributed by atoms with E-state index in [1.165, 1.54) is 69.8 Å². The Balaban J connectivity index is 0.000000188. The summed E-state index contributed by atoms with van der Waals surface area (Å²) in [4.78, 5) is 0. The van der Waals surface area contributed by atoms with Crippen molar-refractivity contribution in [2.75, 3.05) is 0 Å². The summed E-state index contributed by atoms with van der Waals surface area (Å²) in [6.07, 6.45) is 14.5. The second kappa shape index (κ2) is 9.38. The van der Waals surface area contributed by atoms with Crippen LogP contribution in [0.25, 0.3) is 0 Å². The second-order valence-corrected chi connectivity index (χ2v) is 7.78. The van der Waals surface area contributed by atoms with Crippen molar-refractivity contribution >= 4 is 0 Å². The Morgan fingerprint density at radius 2 is 1.41 bits per heavy atom. The molecule has 1 aromatic carbocycles. The van der Waals surface area contributed by atoms with Gasteiger partial charge in [-0.3, -0.25) is 0 Å². The topological polar surface area (TPSA) is 0 Å². The maximum atomic E-state index is 2.38. The van der Waals surface area contributed by atoms with Crippen LogP contribution in [0.1, 0.15) is 95.1 Å². The lowest BCUT2D eigenvalue weighted by Gasteiger charge is -2.26. The van der Waals surface area contributed by atoms with Gasteiger partial charge in [-0.25, -0.2) is 0 Å². The molecule has 0 nitrogen and oxygen atoms in total. The van der Waals surface area contributed by atoms with E-state index in [0.29, 0.717) is 0 Å². The molecule has 0 heterocycles. The first-order valence-corrected chi connectivity index (χ1v) is 9.75. The molecule has 124 valence electrons. The molecule has 2 fully saturated rings. The number of hydrogen-bond acceptors (Lipinski definition) is 0. The molecule has 2 aliphatic carbocycles. The van der Waals surface area contributed by atoms with Gasteiger partial charge in [-0.2, -0.15) is 0 Å². The molecule has 0 radical (unpaired) electrons. The molecular formula is C22H36. The van der Waals surface area contributed by atoms with Gasteiger partial charge < -0.3 is 0 Å². The Morgan fingerprint density at radius 1 is 0.818 bits per heavy atom. The average molecular weight is 301 g/mol. The van der Waals surface area contributed by atoms with Crippen molar-refractivity contribution in [3.8, 4) is 0 Å². The van der Waals surface area contributed by atoms with Crippen LogP contribution in [0.2, 0.25) is 0 Å². The Kier molecular flexibility index (Phi) is 7.49. The van der Waals surface area contributed by atoms with Gasteiger partial charge in [0.15, 0.2) is 0 Å². The number of aryl methyl sites for hydroxylation is 1. The third-order valence-electron chi connectivity index (χ3n) is 5.87. The van der Waals surface area contributed by atoms with Gasteiger partial charge in [0.05, 0.1) is 0 Å². The van der Waals surface area contributed by atoms with Gasteiger partial charge in [-0.05, 0) is 43.1 Å². The van der Waals surface area contributed by atoms with Crippen molar-refractivity contribution in [1.82, 2.24) is 0 Å². The zero-order chi connectivity index (χ0) is 15.8. The fourth-order valence-electron chi connectivity index (χ4n) is 4.03. The summed E-state index contributed by atoms with van der Waals surface area (Å²) in [6, 6.07) is 9.12. The maximum absolute atomic E-state index is 2.38. The molecule has 0 atom stereocenters. The van der Waals surface area contributed by atoms with Crippen LogP contribution in [0.3, 0.4) is 0 Å². The lowest BCUT2D eigenvalue weighted by Crippen LogP contribution is -2.10. The summed E-state index contributed by atoms with van der Waals surface area (Å²) in [5.41, 5.74) is 2.93. The monoisotopic (exact) mass is 300 g/mol. The number of rotatable bonds is 2. The lowest BCUT2D eigenvalue weighted by atomic mass is 9.79. The Bertz CT molecular complexity index is 389. The first-order valence-electron chi connectivity index (χ1n) is 9.75. The first kappa shape index (κ1) is 17.6. The van der Waals surface area contributed by atoms with E-state index in [9.17, 15) is 0 Å². The SMILES string of the molecule is CCC1CCCCC1.Cc1ccc(C2CCC(C)CC2)cc1. The van der Waals surface area contributed by atoms with Gasteiger partial charge in [0.2, 0.25) is 0 Å². The first-order chi connectivity index (χ1) is 10.7. The normalized spacial score (nSPS) is 26.1. The van der Waals surface area contributed by atoms with Gasteiger partial charge in [0.1, 0.15) is 0 Å². The van der Waals surface area contributed by atoms with Gasteiger partial charge in [-0.15, -0.1) is 0 Å². The van der Waals surface area contributed by atoms with Crippen LogP contribution in [-0.2, 0) is 0 Å². The molecule has 1 aromatic rings. The highest BCUT2D eigenvalue weighted by atomic mass is 14.2. The van der Waals surface area contributed by atoms with Crippen LogP contribution in [0.5, 0.6) is 0 Å². The highest BCUT2D eigenvalue weighted by molar-refractivity contribution is 5.24. The maximum Gasteiger partial charge on any atom is -0.0162 e. The largest absolute Gasteiger partial charge is 0.0651 e. The van der Waals surface area contributed by atoms with Crippen LogP contribution in [0.15, 0.2) is 24.3 Å². The quantitative estimate of drug-likeness (QED) is 0.539. The zero-order valence-corrected chi connectivity index (χ0v) is 15.1. The Labute approximate surface area is 138 Å². The van der Waals surface area contributed by atoms with Crippen LogP contribution >= 0.6 is 0 Å². The summed E-state index contributed by atoms with van der Waals surface area (Å²) in [5, 5.41) is 0. The molecular weight excluding hydrogens is 264 g/mol. The predicted molar refractivity (Wildman–Crippen MR) is 98.4 cm³/mol. The van der Waals surface area contributed by atoms with E-state index in [1.54, 1.807) is 5.56 Å². The van der Waals surface area contributed by atoms with Gasteiger partial charge in [0, 0.05) is 0 Å². The second-order valence-electron chi connectivity index (χ2n) is 7.78. The molecule has 0 amide bonds. The third-order valence-corrected chi connectivity index (χ3v) is 5.87. The van der Waals surface area contributed by atoms with Crippen LogP contribution < -0.4 is 0 Å². The molecule has 3 rings (SSSR count). The van der Waals surface area contributed by atoms with E-state index in [2.05, 4.69) is 45.0 Å². The van der Waals surface area contributed by atoms with E-state index < -0.39 is 0 Å². The van der Waals surface area contributed by atoms with Crippen molar-refractivity contribution in [2.24, 2.45) is 11.8 Å². The number of benzene rings is 1. The molecule has 0 unspecified atom stereocenters. The molecule has 2 saturated carbocycles. The van der Waals surface area contributed by atoms with E-state index in [1.807, 2.05) is 0 Å². The fourth-order valence-corrected chi connectivity index (χ4v) is 4.03. The van der Waals surface area contributed by atoms with Gasteiger partial charge in [-0.1, -0.05) is 95.0 Å². The molecule has 0 heteroatoms. The zero-order valence-electron chi connectivity index (χ0n) is 15.1. The van der Waals surface area contributed by atoms with Gasteiger partial charge >= 0.3 is 0 Å². The molecule has 0 aromatic heterocycles. The smallest absolute Gasteiger partial charge is 0.0162 e. The molecule has 2 aliphatic rings. The third kappa shape index (κ3) is 5.78. The van der Waals surface area contributed by atoms with E-state index >= 15 is 0 Å². The summed E-state index contributed by atoms with van der Waals surface area (Å²) in [6.45, 7) is 6.86. The highest BCUT2D eigenvalue weighted by Gasteiger charge is 2.19. The molecule has 0 N–H and O–H groups in total. The van der Waals surface area contributed by atoms with Crippen LogP contribution in [0, 0.1) is 18.8 Å². The molecule has 22 heavy (non-hydrogen) atoms. The van der Waals surface area contributed by atoms with Crippen molar-refractivity contribution in [3.05, 3.63) is 35.4 Å². The number of hydrogen-bond donors (Lipinski definition) is 0. The van der Waals surface area contributed by atoms with E-state index in [-0.39, 0.29) is 0 Å². The highest BCUT2D eigenvalue weighted by Crippen LogP contribution is 2.35. The Hall–Kier alpha value is -0.780. The fraction of sp³-hybridized carbons (Fsp3) is 0.727. The summed E-state index contributed by atoms with van der Waals surface area (Å²) in [7, 11) is 0.